The molecule has 1 atom stereocenters. The first-order valence-electron chi connectivity index (χ1n) is 9.76. The summed E-state index contributed by atoms with van der Waals surface area (Å²) in [4.78, 5) is 19.3. The molecule has 0 bridgehead atoms. The Morgan fingerprint density at radius 3 is 2.56 bits per heavy atom. The molecule has 1 N–H and O–H groups in total. The molecule has 0 saturated heterocycles. The first-order valence-corrected chi connectivity index (χ1v) is 12.4. The topological polar surface area (TPSA) is 79.4 Å². The number of thiazole rings is 1. The molecule has 1 amide bonds. The van der Waals surface area contributed by atoms with Gasteiger partial charge >= 0.3 is 0 Å². The van der Waals surface area contributed by atoms with Crippen LogP contribution in [-0.2, 0) is 10.0 Å². The highest BCUT2D eigenvalue weighted by molar-refractivity contribution is 7.92. The molecule has 0 aliphatic rings. The Morgan fingerprint density at radius 1 is 1.06 bits per heavy atom. The molecular formula is C23H20ClN3O3S2. The quantitative estimate of drug-likeness (QED) is 0.386. The minimum absolute atomic E-state index is 0.00985. The van der Waals surface area contributed by atoms with Crippen LogP contribution in [0.1, 0.15) is 28.3 Å². The van der Waals surface area contributed by atoms with Gasteiger partial charge in [0.2, 0.25) is 0 Å². The van der Waals surface area contributed by atoms with Gasteiger partial charge in [0.1, 0.15) is 5.01 Å². The lowest BCUT2D eigenvalue weighted by atomic mass is 10.2. The fourth-order valence-corrected chi connectivity index (χ4v) is 5.52. The van der Waals surface area contributed by atoms with E-state index in [0.717, 1.165) is 15.2 Å². The highest BCUT2D eigenvalue weighted by Crippen LogP contribution is 2.30. The van der Waals surface area contributed by atoms with Gasteiger partial charge in [0.15, 0.2) is 0 Å². The monoisotopic (exact) mass is 485 g/mol. The van der Waals surface area contributed by atoms with Crippen molar-refractivity contribution in [1.29, 1.82) is 0 Å². The normalized spacial score (nSPS) is 12.5. The van der Waals surface area contributed by atoms with Gasteiger partial charge in [-0.3, -0.25) is 9.52 Å². The third kappa shape index (κ3) is 4.62. The van der Waals surface area contributed by atoms with E-state index in [1.165, 1.54) is 29.5 Å². The van der Waals surface area contributed by atoms with Gasteiger partial charge in [-0.2, -0.15) is 0 Å². The van der Waals surface area contributed by atoms with E-state index >= 15 is 0 Å². The van der Waals surface area contributed by atoms with Crippen LogP contribution in [0.4, 0.5) is 5.69 Å². The average molecular weight is 486 g/mol. The molecule has 4 aromatic rings. The Morgan fingerprint density at radius 2 is 1.81 bits per heavy atom. The molecule has 0 unspecified atom stereocenters. The number of amides is 1. The van der Waals surface area contributed by atoms with Crippen LogP contribution in [0, 0.1) is 0 Å². The van der Waals surface area contributed by atoms with Crippen LogP contribution >= 0.6 is 22.9 Å². The Kier molecular flexibility index (Phi) is 6.19. The number of aromatic nitrogens is 1. The van der Waals surface area contributed by atoms with Crippen LogP contribution < -0.4 is 4.72 Å². The van der Waals surface area contributed by atoms with Gasteiger partial charge in [0.25, 0.3) is 15.9 Å². The average Bonchev–Trinajstić information content (AvgIpc) is 3.22. The Hall–Kier alpha value is -2.94. The third-order valence-electron chi connectivity index (χ3n) is 5.04. The van der Waals surface area contributed by atoms with Gasteiger partial charge in [-0.1, -0.05) is 35.9 Å². The van der Waals surface area contributed by atoms with Crippen LogP contribution in [-0.4, -0.2) is 31.3 Å². The number of hydrogen-bond acceptors (Lipinski definition) is 5. The number of fused-ring (bicyclic) bond motifs is 1. The summed E-state index contributed by atoms with van der Waals surface area (Å²) in [6.45, 7) is 1.90. The first-order chi connectivity index (χ1) is 15.2. The molecule has 4 rings (SSSR count). The van der Waals surface area contributed by atoms with Crippen LogP contribution in [0.5, 0.6) is 0 Å². The highest BCUT2D eigenvalue weighted by atomic mass is 35.5. The van der Waals surface area contributed by atoms with E-state index in [-0.39, 0.29) is 22.4 Å². The summed E-state index contributed by atoms with van der Waals surface area (Å²) in [6.07, 6.45) is 0. The van der Waals surface area contributed by atoms with E-state index in [1.54, 1.807) is 42.3 Å². The van der Waals surface area contributed by atoms with Crippen molar-refractivity contribution in [2.45, 2.75) is 17.9 Å². The van der Waals surface area contributed by atoms with Gasteiger partial charge in [0, 0.05) is 17.6 Å². The van der Waals surface area contributed by atoms with Gasteiger partial charge in [-0.15, -0.1) is 11.3 Å². The van der Waals surface area contributed by atoms with E-state index in [9.17, 15) is 13.2 Å². The second kappa shape index (κ2) is 8.90. The zero-order valence-electron chi connectivity index (χ0n) is 17.3. The lowest BCUT2D eigenvalue weighted by Crippen LogP contribution is -2.29. The first kappa shape index (κ1) is 22.3. The number of para-hydroxylation sites is 1. The van der Waals surface area contributed by atoms with E-state index in [4.69, 9.17) is 11.6 Å². The molecule has 0 spiro atoms. The largest absolute Gasteiger partial charge is 0.333 e. The van der Waals surface area contributed by atoms with Crippen molar-refractivity contribution in [2.24, 2.45) is 0 Å². The van der Waals surface area contributed by atoms with E-state index < -0.39 is 10.0 Å². The summed E-state index contributed by atoms with van der Waals surface area (Å²) in [5, 5.41) is 1.23. The minimum atomic E-state index is -3.89. The van der Waals surface area contributed by atoms with E-state index in [0.29, 0.717) is 10.7 Å². The summed E-state index contributed by atoms with van der Waals surface area (Å²) in [5.74, 6) is -0.295. The van der Waals surface area contributed by atoms with Crippen molar-refractivity contribution >= 4 is 54.8 Å². The lowest BCUT2D eigenvalue weighted by Gasteiger charge is -2.23. The summed E-state index contributed by atoms with van der Waals surface area (Å²) < 4.78 is 29.2. The van der Waals surface area contributed by atoms with Gasteiger partial charge < -0.3 is 4.90 Å². The zero-order valence-corrected chi connectivity index (χ0v) is 19.7. The van der Waals surface area contributed by atoms with Gasteiger partial charge in [-0.25, -0.2) is 13.4 Å². The predicted molar refractivity (Wildman–Crippen MR) is 129 cm³/mol. The maximum absolute atomic E-state index is 13.1. The smallest absolute Gasteiger partial charge is 0.261 e. The van der Waals surface area contributed by atoms with Crippen LogP contribution in [0.2, 0.25) is 5.02 Å². The Bertz CT molecular complexity index is 1370. The number of anilines is 1. The number of benzene rings is 3. The summed E-state index contributed by atoms with van der Waals surface area (Å²) in [5.41, 5.74) is 1.51. The second-order valence-electron chi connectivity index (χ2n) is 7.26. The van der Waals surface area contributed by atoms with Crippen LogP contribution in [0.25, 0.3) is 10.2 Å². The van der Waals surface area contributed by atoms with Crippen LogP contribution in [0.15, 0.2) is 77.7 Å². The van der Waals surface area contributed by atoms with Gasteiger partial charge in [-0.05, 0) is 55.5 Å². The molecule has 0 radical (unpaired) electrons. The van der Waals surface area contributed by atoms with Crippen molar-refractivity contribution < 1.29 is 13.2 Å². The number of sulfonamides is 1. The van der Waals surface area contributed by atoms with Crippen molar-refractivity contribution in [3.05, 3.63) is 88.4 Å². The number of carbonyl (C=O) groups is 1. The highest BCUT2D eigenvalue weighted by Gasteiger charge is 2.23. The molecule has 164 valence electrons. The molecule has 9 heteroatoms. The molecule has 6 nitrogen and oxygen atoms in total. The number of carbonyl (C=O) groups excluding carboxylic acids is 1. The molecule has 1 heterocycles. The van der Waals surface area contributed by atoms with Gasteiger partial charge in [0.05, 0.1) is 26.8 Å². The Labute approximate surface area is 195 Å². The molecule has 0 fully saturated rings. The molecule has 1 aromatic heterocycles. The fourth-order valence-electron chi connectivity index (χ4n) is 3.18. The standard InChI is InChI=1S/C23H20ClN3O3S2/c1-15(22-25-20-11-3-4-12-21(20)31-22)27(2)23(28)16-7-5-10-19(13-16)32(29,30)26-18-9-6-8-17(24)14-18/h3-15,26H,1-2H3/t15-/m0/s1. The number of rotatable bonds is 6. The molecule has 3 aromatic carbocycles. The number of nitrogens with one attached hydrogen (secondary N) is 1. The summed E-state index contributed by atoms with van der Waals surface area (Å²) in [7, 11) is -2.21. The van der Waals surface area contributed by atoms with Crippen molar-refractivity contribution in [2.75, 3.05) is 11.8 Å². The summed E-state index contributed by atoms with van der Waals surface area (Å²) in [6, 6.07) is 19.9. The van der Waals surface area contributed by atoms with Crippen molar-refractivity contribution in [3.63, 3.8) is 0 Å². The Balaban J connectivity index is 1.57. The molecule has 0 saturated carbocycles. The fraction of sp³-hybridized carbons (Fsp3) is 0.130. The van der Waals surface area contributed by atoms with Crippen molar-refractivity contribution in [3.8, 4) is 0 Å². The van der Waals surface area contributed by atoms with Crippen molar-refractivity contribution in [1.82, 2.24) is 9.88 Å². The number of halogens is 1. The molecule has 32 heavy (non-hydrogen) atoms. The molecule has 0 aliphatic carbocycles. The lowest BCUT2D eigenvalue weighted by molar-refractivity contribution is 0.0742. The number of nitrogens with zero attached hydrogens (tertiary/aromatic N) is 2. The second-order valence-corrected chi connectivity index (χ2v) is 10.4. The predicted octanol–water partition coefficient (Wildman–Crippen LogP) is 5.58. The molecular weight excluding hydrogens is 466 g/mol. The summed E-state index contributed by atoms with van der Waals surface area (Å²) >= 11 is 7.47. The maximum atomic E-state index is 13.1. The maximum Gasteiger partial charge on any atom is 0.261 e. The van der Waals surface area contributed by atoms with E-state index in [1.807, 2.05) is 31.2 Å². The third-order valence-corrected chi connectivity index (χ3v) is 7.86. The number of hydrogen-bond donors (Lipinski definition) is 1. The molecule has 0 aliphatic heterocycles. The minimum Gasteiger partial charge on any atom is -0.333 e. The zero-order chi connectivity index (χ0) is 22.9. The van der Waals surface area contributed by atoms with E-state index in [2.05, 4.69) is 9.71 Å². The van der Waals surface area contributed by atoms with Crippen LogP contribution in [0.3, 0.4) is 0 Å². The SMILES string of the molecule is C[C@@H](c1nc2ccccc2s1)N(C)C(=O)c1cccc(S(=O)(=O)Nc2cccc(Cl)c2)c1.